The molecule has 8 saturated carbocycles. The number of halogens is 13. The number of amides is 1. The molecule has 4 aromatic rings. The summed E-state index contributed by atoms with van der Waals surface area (Å²) in [4.78, 5) is 43.8. The average molecular weight is 1690 g/mol. The molecule has 12 fully saturated rings. The lowest BCUT2D eigenvalue weighted by Gasteiger charge is -2.58. The number of nitrogens with zero attached hydrogens (tertiary/aromatic N) is 3. The molecule has 620 valence electrons. The molecule has 7 N–H and O–H groups in total. The van der Waals surface area contributed by atoms with Crippen molar-refractivity contribution in [1.82, 2.24) is 23.5 Å². The molecule has 0 aromatic heterocycles. The van der Waals surface area contributed by atoms with Crippen molar-refractivity contribution in [2.75, 3.05) is 52.4 Å². The fourth-order valence-electron chi connectivity index (χ4n) is 17.7. The third kappa shape index (κ3) is 23.3. The highest BCUT2D eigenvalue weighted by Gasteiger charge is 2.57. The van der Waals surface area contributed by atoms with Crippen LogP contribution in [0.3, 0.4) is 0 Å². The van der Waals surface area contributed by atoms with Gasteiger partial charge in [-0.25, -0.2) is 38.5 Å². The Morgan fingerprint density at radius 2 is 0.739 bits per heavy atom. The molecule has 8 aliphatic carbocycles. The van der Waals surface area contributed by atoms with Crippen molar-refractivity contribution in [2.24, 2.45) is 52.1 Å². The van der Waals surface area contributed by atoms with Crippen LogP contribution in [-0.4, -0.2) is 162 Å². The quantitative estimate of drug-likeness (QED) is 0.0567. The minimum absolute atomic E-state index is 0. The molecule has 16 rings (SSSR count). The Morgan fingerprint density at radius 3 is 1.03 bits per heavy atom. The van der Waals surface area contributed by atoms with E-state index in [9.17, 15) is 116 Å². The number of carbonyl (C=O) groups is 4. The third-order valence-electron chi connectivity index (χ3n) is 22.4. The first-order chi connectivity index (χ1) is 51.1. The fourth-order valence-corrected chi connectivity index (χ4v) is 23.0. The van der Waals surface area contributed by atoms with Crippen LogP contribution < -0.4 is 16.4 Å². The maximum Gasteiger partial charge on any atom is 0.416 e. The molecule has 111 heavy (non-hydrogen) atoms. The molecule has 4 saturated heterocycles. The summed E-state index contributed by atoms with van der Waals surface area (Å²) in [6.45, 7) is 2.46. The maximum atomic E-state index is 13.0. The van der Waals surface area contributed by atoms with Gasteiger partial charge in [0.15, 0.2) is 6.10 Å². The lowest BCUT2D eigenvalue weighted by atomic mass is 9.48. The van der Waals surface area contributed by atoms with E-state index in [1.165, 1.54) is 59.3 Å². The Bertz CT molecular complexity index is 4320. The lowest BCUT2D eigenvalue weighted by Crippen LogP contribution is -2.57. The van der Waals surface area contributed by atoms with Crippen LogP contribution in [0.5, 0.6) is 0 Å². The highest BCUT2D eigenvalue weighted by Crippen LogP contribution is 2.63. The zero-order valence-corrected chi connectivity index (χ0v) is 63.5. The van der Waals surface area contributed by atoms with Crippen molar-refractivity contribution in [3.05, 3.63) is 119 Å². The normalized spacial score (nSPS) is 26.6. The zero-order valence-electron chi connectivity index (χ0n) is 59.5. The Morgan fingerprint density at radius 1 is 0.459 bits per heavy atom. The summed E-state index contributed by atoms with van der Waals surface area (Å²) in [5, 5.41) is 35.9. The number of aliphatic hydroxyl groups excluding tert-OH is 2. The van der Waals surface area contributed by atoms with Gasteiger partial charge in [0.1, 0.15) is 17.7 Å². The minimum atomic E-state index is -4.62. The first kappa shape index (κ1) is 90.7. The number of carbonyl (C=O) groups excluding carboxylic acids is 3. The van der Waals surface area contributed by atoms with Crippen molar-refractivity contribution < 1.29 is 121 Å². The van der Waals surface area contributed by atoms with E-state index >= 15 is 0 Å². The number of aliphatic carboxylic acids is 1. The van der Waals surface area contributed by atoms with Crippen LogP contribution in [0.2, 0.25) is 0 Å². The Kier molecular flexibility index (Phi) is 29.5. The monoisotopic (exact) mass is 1680 g/mol. The summed E-state index contributed by atoms with van der Waals surface area (Å²) < 4.78 is 251. The van der Waals surface area contributed by atoms with Gasteiger partial charge in [-0.3, -0.25) is 14.4 Å². The Balaban J connectivity index is 0.000000176. The van der Waals surface area contributed by atoms with E-state index in [0.29, 0.717) is 91.2 Å². The van der Waals surface area contributed by atoms with Crippen LogP contribution in [0.15, 0.2) is 117 Å². The summed E-state index contributed by atoms with van der Waals surface area (Å²) >= 11 is 0. The highest BCUT2D eigenvalue weighted by atomic mass is 35.7. The molecule has 4 aromatic carbocycles. The molecule has 21 nitrogen and oxygen atoms in total. The molecule has 12 aliphatic rings. The third-order valence-corrected chi connectivity index (χ3v) is 29.4. The second-order valence-corrected chi connectivity index (χ2v) is 38.8. The second kappa shape index (κ2) is 36.1. The van der Waals surface area contributed by atoms with Crippen LogP contribution >= 0.6 is 10.7 Å². The smallest absolute Gasteiger partial charge is 0.416 e. The van der Waals surface area contributed by atoms with Crippen molar-refractivity contribution in [1.29, 1.82) is 0 Å². The van der Waals surface area contributed by atoms with Gasteiger partial charge in [0.25, 0.3) is 9.05 Å². The van der Waals surface area contributed by atoms with Gasteiger partial charge in [0.2, 0.25) is 36.0 Å². The van der Waals surface area contributed by atoms with Crippen molar-refractivity contribution in [3.63, 3.8) is 0 Å². The summed E-state index contributed by atoms with van der Waals surface area (Å²) in [7, 11) is -11.2. The number of piperidine rings is 4. The van der Waals surface area contributed by atoms with Gasteiger partial charge in [-0.15, -0.1) is 0 Å². The first-order valence-corrected chi connectivity index (χ1v) is 42.7. The van der Waals surface area contributed by atoms with Crippen LogP contribution in [0, 0.1) is 46.3 Å². The number of sulfonamides is 3. The predicted octanol–water partition coefficient (Wildman–Crippen LogP) is 12.3. The van der Waals surface area contributed by atoms with E-state index in [2.05, 4.69) is 10.6 Å². The number of aliphatic hydroxyl groups is 2. The number of carboxylic acid groups (broad SMARTS) is 1. The molecule has 4 heterocycles. The van der Waals surface area contributed by atoms with E-state index in [1.807, 2.05) is 0 Å². The number of hydrogen-bond acceptors (Lipinski definition) is 16. The Hall–Kier alpha value is -5.87. The average Bonchev–Trinajstić information content (AvgIpc) is 0.741. The van der Waals surface area contributed by atoms with Crippen LogP contribution in [0.1, 0.15) is 158 Å². The second-order valence-electron chi connectivity index (χ2n) is 30.4. The standard InChI is InChI=1S/C24H31F3N2O4S.C12H15F3N2O2S.C12H12F3NO3S.C12H18O3.C7H4ClF3O2S.C5H9NO.CH4/c25-24(26,27)18-2-1-3-20(11-18)34(32,33)29-6-4-19(5-7-29)28-22(31)21(30)23-12-15-8-16(13-23)10-17(9-15)14-23;13-12(14,15)9-2-1-3-11(8-9)20(18,19)17-6-4-10(16)5-7-17;13-12(14,15)9-2-1-3-11(8-9)20(18,19)16-6-4-10(17)5-7-16;13-10(11(14)15)12-4-7-1-8(5-12)3-9(2-7)6-12;8-14(12,13)6-3-1-2-5(4-6)7(9,10)11;7-5-1-3-6-4-2-5;/h1-3,11,15-17,19,21,30H,4-10,12-14H2,(H,28,31);1-3,8,10H,4-7,16H2;1-3,8H,4-7H2;7-10,13H,1-6H2,(H,14,15);1-4H;6H,1-4H2;1H4. The summed E-state index contributed by atoms with van der Waals surface area (Å²) in [5.41, 5.74) is 1.08. The number of benzene rings is 4. The van der Waals surface area contributed by atoms with Gasteiger partial charge in [-0.05, 0) is 211 Å². The lowest BCUT2D eigenvalue weighted by molar-refractivity contribution is -0.170. The van der Waals surface area contributed by atoms with E-state index in [0.717, 1.165) is 129 Å². The van der Waals surface area contributed by atoms with Crippen molar-refractivity contribution in [3.8, 4) is 0 Å². The molecule has 4 aliphatic heterocycles. The van der Waals surface area contributed by atoms with Gasteiger partial charge in [-0.2, -0.15) is 65.6 Å². The number of nitrogens with two attached hydrogens (primary N) is 1. The molecular weight excluding hydrogens is 1590 g/mol. The highest BCUT2D eigenvalue weighted by molar-refractivity contribution is 8.13. The molecule has 2 atom stereocenters. The number of alkyl halides is 12. The van der Waals surface area contributed by atoms with Crippen molar-refractivity contribution in [2.45, 2.75) is 204 Å². The fraction of sp³-hybridized carbons (Fsp3) is 0.616. The van der Waals surface area contributed by atoms with Gasteiger partial charge in [0, 0.05) is 112 Å². The van der Waals surface area contributed by atoms with E-state index in [1.54, 1.807) is 0 Å². The zero-order chi connectivity index (χ0) is 81.0. The van der Waals surface area contributed by atoms with Gasteiger partial charge >= 0.3 is 30.7 Å². The van der Waals surface area contributed by atoms with Crippen molar-refractivity contribution >= 4 is 73.2 Å². The number of Topliss-reactive ketones (excluding diaryl/α,β-unsaturated/α-hetero) is 2. The van der Waals surface area contributed by atoms with Gasteiger partial charge in [0.05, 0.1) is 41.8 Å². The molecule has 0 radical (unpaired) electrons. The van der Waals surface area contributed by atoms with E-state index in [-0.39, 0.29) is 104 Å². The molecule has 0 spiro atoms. The number of rotatable bonds is 12. The van der Waals surface area contributed by atoms with E-state index < -0.39 is 114 Å². The van der Waals surface area contributed by atoms with Gasteiger partial charge < -0.3 is 31.7 Å². The minimum Gasteiger partial charge on any atom is -0.479 e. The largest absolute Gasteiger partial charge is 0.479 e. The predicted molar refractivity (Wildman–Crippen MR) is 382 cm³/mol. The molecule has 2 unspecified atom stereocenters. The van der Waals surface area contributed by atoms with E-state index in [4.69, 9.17) is 21.5 Å². The number of nitrogens with one attached hydrogen (secondary N) is 2. The number of ketones is 2. The summed E-state index contributed by atoms with van der Waals surface area (Å²) in [6.07, 6.45) is -4.08. The summed E-state index contributed by atoms with van der Waals surface area (Å²) in [6, 6.07) is 14.1. The molecular formula is C73H93ClF12N6O15S4. The first-order valence-electron chi connectivity index (χ1n) is 36.1. The molecule has 8 bridgehead atoms. The summed E-state index contributed by atoms with van der Waals surface area (Å²) in [5.74, 6) is 2.90. The van der Waals surface area contributed by atoms with Crippen LogP contribution in [0.4, 0.5) is 52.7 Å². The topological polar surface area (TPSA) is 325 Å². The Labute approximate surface area is 642 Å². The molecule has 1 amide bonds. The molecule has 38 heteroatoms. The van der Waals surface area contributed by atoms with Crippen LogP contribution in [0.25, 0.3) is 0 Å². The van der Waals surface area contributed by atoms with Gasteiger partial charge in [-0.1, -0.05) is 31.7 Å². The number of carboxylic acids is 1. The maximum absolute atomic E-state index is 13.0. The SMILES string of the molecule is C.NC1CCN(S(=O)(=O)c2cccc(C(F)(F)F)c2)CC1.O=C(NC1CCN(S(=O)(=O)c2cccc(C(F)(F)F)c2)CC1)C(O)C12CC3CC(CC(C3)C1)C2.O=C(O)C(O)C12CC3CC(CC(C3)C1)C2.O=C1CCN(S(=O)(=O)c2cccc(C(F)(F)F)c2)CC1.O=C1CCNCC1.O=S(=O)(Cl)c1cccc(C(F)(F)F)c1. The van der Waals surface area contributed by atoms with Crippen LogP contribution in [-0.2, 0) is 83.0 Å². The number of hydrogen-bond donors (Lipinski definition) is 6.